The molecule has 100 valence electrons. The lowest BCUT2D eigenvalue weighted by Gasteiger charge is -2.08. The third-order valence-electron chi connectivity index (χ3n) is 2.75. The second-order valence-electron chi connectivity index (χ2n) is 4.34. The summed E-state index contributed by atoms with van der Waals surface area (Å²) in [5.41, 5.74) is 8.12. The van der Waals surface area contributed by atoms with E-state index >= 15 is 0 Å². The zero-order valence-corrected chi connectivity index (χ0v) is 13.6. The molecule has 1 heterocycles. The van der Waals surface area contributed by atoms with Gasteiger partial charge in [-0.15, -0.1) is 0 Å². The molecule has 2 N–H and O–H groups in total. The molecule has 0 saturated heterocycles. The van der Waals surface area contributed by atoms with E-state index in [-0.39, 0.29) is 0 Å². The number of rotatable bonds is 4. The molecule has 0 aliphatic rings. The second-order valence-corrected chi connectivity index (χ2v) is 5.85. The molecular formula is C14H15ClIN3. The fraction of sp³-hybridized carbons (Fsp3) is 0.286. The lowest BCUT2D eigenvalue weighted by molar-refractivity contribution is 0.836. The summed E-state index contributed by atoms with van der Waals surface area (Å²) in [6, 6.07) is 7.72. The molecule has 2 aromatic rings. The number of hydrogen-bond donors (Lipinski definition) is 1. The maximum Gasteiger partial charge on any atom is 0.140 e. The first-order valence-electron chi connectivity index (χ1n) is 6.15. The molecular weight excluding hydrogens is 373 g/mol. The van der Waals surface area contributed by atoms with Gasteiger partial charge in [-0.3, -0.25) is 0 Å². The lowest BCUT2D eigenvalue weighted by Crippen LogP contribution is -2.07. The van der Waals surface area contributed by atoms with E-state index in [9.17, 15) is 0 Å². The second kappa shape index (κ2) is 6.52. The molecule has 3 nitrogen and oxygen atoms in total. The van der Waals surface area contributed by atoms with Crippen LogP contribution in [-0.4, -0.2) is 9.97 Å². The van der Waals surface area contributed by atoms with Gasteiger partial charge in [-0.05, 0) is 46.7 Å². The summed E-state index contributed by atoms with van der Waals surface area (Å²) < 4.78 is 0.972. The van der Waals surface area contributed by atoms with Crippen LogP contribution in [0.15, 0.2) is 24.3 Å². The SMILES string of the molecule is CCCc1nc(Cc2ccc(Cl)cc2)nc(N)c1I. The van der Waals surface area contributed by atoms with Gasteiger partial charge < -0.3 is 5.73 Å². The van der Waals surface area contributed by atoms with Crippen molar-refractivity contribution in [2.24, 2.45) is 0 Å². The highest BCUT2D eigenvalue weighted by Gasteiger charge is 2.09. The number of hydrogen-bond acceptors (Lipinski definition) is 3. The number of nitrogens with two attached hydrogens (primary N) is 1. The quantitative estimate of drug-likeness (QED) is 0.811. The van der Waals surface area contributed by atoms with Crippen molar-refractivity contribution in [3.8, 4) is 0 Å². The average molecular weight is 388 g/mol. The Morgan fingerprint density at radius 1 is 1.21 bits per heavy atom. The van der Waals surface area contributed by atoms with Crippen molar-refractivity contribution in [1.82, 2.24) is 9.97 Å². The van der Waals surface area contributed by atoms with E-state index in [0.29, 0.717) is 12.2 Å². The van der Waals surface area contributed by atoms with Gasteiger partial charge in [-0.25, -0.2) is 9.97 Å². The highest BCUT2D eigenvalue weighted by atomic mass is 127. The molecule has 0 unspecified atom stereocenters. The van der Waals surface area contributed by atoms with Crippen LogP contribution in [0.1, 0.15) is 30.4 Å². The standard InChI is InChI=1S/C14H15ClIN3/c1-2-3-11-13(16)14(17)19-12(18-11)8-9-4-6-10(15)7-5-9/h4-7H,2-3,8H2,1H3,(H2,17,18,19). The van der Waals surface area contributed by atoms with Gasteiger partial charge in [0.25, 0.3) is 0 Å². The smallest absolute Gasteiger partial charge is 0.140 e. The minimum atomic E-state index is 0.572. The molecule has 0 amide bonds. The monoisotopic (exact) mass is 387 g/mol. The molecule has 0 radical (unpaired) electrons. The van der Waals surface area contributed by atoms with E-state index in [1.54, 1.807) is 0 Å². The molecule has 19 heavy (non-hydrogen) atoms. The van der Waals surface area contributed by atoms with Gasteiger partial charge in [-0.2, -0.15) is 0 Å². The van der Waals surface area contributed by atoms with Crippen LogP contribution in [0.3, 0.4) is 0 Å². The summed E-state index contributed by atoms with van der Waals surface area (Å²) >= 11 is 8.09. The van der Waals surface area contributed by atoms with Crippen molar-refractivity contribution in [3.63, 3.8) is 0 Å². The van der Waals surface area contributed by atoms with Crippen LogP contribution >= 0.6 is 34.2 Å². The average Bonchev–Trinajstić information content (AvgIpc) is 2.38. The first-order valence-corrected chi connectivity index (χ1v) is 7.61. The molecule has 1 aromatic carbocycles. The summed E-state index contributed by atoms with van der Waals surface area (Å²) in [5.74, 6) is 1.34. The Morgan fingerprint density at radius 2 is 1.89 bits per heavy atom. The van der Waals surface area contributed by atoms with Crippen molar-refractivity contribution in [1.29, 1.82) is 0 Å². The highest BCUT2D eigenvalue weighted by molar-refractivity contribution is 14.1. The van der Waals surface area contributed by atoms with Gasteiger partial charge >= 0.3 is 0 Å². The van der Waals surface area contributed by atoms with Crippen molar-refractivity contribution in [3.05, 3.63) is 49.9 Å². The van der Waals surface area contributed by atoms with Crippen LogP contribution < -0.4 is 5.73 Å². The molecule has 0 fully saturated rings. The van der Waals surface area contributed by atoms with Crippen LogP contribution in [0.2, 0.25) is 5.02 Å². The van der Waals surface area contributed by atoms with Crippen molar-refractivity contribution >= 4 is 40.0 Å². The fourth-order valence-corrected chi connectivity index (χ4v) is 2.47. The van der Waals surface area contributed by atoms with Crippen LogP contribution in [0, 0.1) is 3.57 Å². The summed E-state index contributed by atoms with van der Waals surface area (Å²) in [6.45, 7) is 2.13. The van der Waals surface area contributed by atoms with E-state index in [0.717, 1.165) is 38.5 Å². The molecule has 0 saturated carbocycles. The molecule has 0 aliphatic carbocycles. The topological polar surface area (TPSA) is 51.8 Å². The number of nitrogen functional groups attached to an aromatic ring is 1. The van der Waals surface area contributed by atoms with Crippen molar-refractivity contribution in [2.75, 3.05) is 5.73 Å². The molecule has 5 heteroatoms. The zero-order chi connectivity index (χ0) is 13.8. The van der Waals surface area contributed by atoms with Crippen LogP contribution in [0.25, 0.3) is 0 Å². The summed E-state index contributed by atoms with van der Waals surface area (Å²) in [6.07, 6.45) is 2.65. The predicted octanol–water partition coefficient (Wildman–Crippen LogP) is 3.86. The van der Waals surface area contributed by atoms with Gasteiger partial charge in [0.05, 0.1) is 9.26 Å². The number of anilines is 1. The van der Waals surface area contributed by atoms with Crippen LogP contribution in [0.4, 0.5) is 5.82 Å². The van der Waals surface area contributed by atoms with E-state index in [1.807, 2.05) is 24.3 Å². The van der Waals surface area contributed by atoms with Gasteiger partial charge in [0, 0.05) is 11.4 Å². The fourth-order valence-electron chi connectivity index (χ4n) is 1.83. The Kier molecular flexibility index (Phi) is 4.99. The highest BCUT2D eigenvalue weighted by Crippen LogP contribution is 2.19. The Hall–Kier alpha value is -0.880. The van der Waals surface area contributed by atoms with Gasteiger partial charge in [0.1, 0.15) is 11.6 Å². The van der Waals surface area contributed by atoms with Gasteiger partial charge in [0.15, 0.2) is 0 Å². The van der Waals surface area contributed by atoms with E-state index in [4.69, 9.17) is 17.3 Å². The van der Waals surface area contributed by atoms with Crippen LogP contribution in [0.5, 0.6) is 0 Å². The normalized spacial score (nSPS) is 10.7. The third-order valence-corrected chi connectivity index (χ3v) is 4.18. The molecule has 2 rings (SSSR count). The van der Waals surface area contributed by atoms with Crippen molar-refractivity contribution in [2.45, 2.75) is 26.2 Å². The minimum Gasteiger partial charge on any atom is -0.383 e. The first kappa shape index (κ1) is 14.5. The van der Waals surface area contributed by atoms with Crippen molar-refractivity contribution < 1.29 is 0 Å². The zero-order valence-electron chi connectivity index (χ0n) is 10.7. The van der Waals surface area contributed by atoms with E-state index < -0.39 is 0 Å². The Morgan fingerprint density at radius 3 is 2.53 bits per heavy atom. The van der Waals surface area contributed by atoms with Crippen LogP contribution in [-0.2, 0) is 12.8 Å². The maximum absolute atomic E-state index is 5.95. The Labute approximate surface area is 131 Å². The summed E-state index contributed by atoms with van der Waals surface area (Å²) in [5, 5.41) is 0.735. The Bertz CT molecular complexity index is 570. The molecule has 1 aromatic heterocycles. The number of aromatic nitrogens is 2. The number of halogens is 2. The number of nitrogens with zero attached hydrogens (tertiary/aromatic N) is 2. The van der Waals surface area contributed by atoms with Gasteiger partial charge in [0.2, 0.25) is 0 Å². The largest absolute Gasteiger partial charge is 0.383 e. The predicted molar refractivity (Wildman–Crippen MR) is 87.4 cm³/mol. The molecule has 0 atom stereocenters. The molecule has 0 aliphatic heterocycles. The van der Waals surface area contributed by atoms with E-state index in [1.165, 1.54) is 0 Å². The number of benzene rings is 1. The van der Waals surface area contributed by atoms with Gasteiger partial charge in [-0.1, -0.05) is 37.1 Å². The number of aryl methyl sites for hydroxylation is 1. The lowest BCUT2D eigenvalue weighted by atomic mass is 10.1. The minimum absolute atomic E-state index is 0.572. The molecule has 0 bridgehead atoms. The van der Waals surface area contributed by atoms with E-state index in [2.05, 4.69) is 39.5 Å². The first-order chi connectivity index (χ1) is 9.10. The summed E-state index contributed by atoms with van der Waals surface area (Å²) in [4.78, 5) is 8.97. The molecule has 0 spiro atoms. The Balaban J connectivity index is 2.27. The summed E-state index contributed by atoms with van der Waals surface area (Å²) in [7, 11) is 0. The third kappa shape index (κ3) is 3.79. The maximum atomic E-state index is 5.95.